The molecule has 0 radical (unpaired) electrons. The number of nitrogens with one attached hydrogen (secondary N) is 1. The van der Waals surface area contributed by atoms with E-state index in [9.17, 15) is 0 Å². The maximum absolute atomic E-state index is 3.71. The van der Waals surface area contributed by atoms with Gasteiger partial charge in [0.15, 0.2) is 0 Å². The molecule has 1 unspecified atom stereocenters. The average Bonchev–Trinajstić information content (AvgIpc) is 2.57. The van der Waals surface area contributed by atoms with Crippen molar-refractivity contribution < 1.29 is 0 Å². The lowest BCUT2D eigenvalue weighted by molar-refractivity contribution is 0.521. The van der Waals surface area contributed by atoms with Crippen LogP contribution in [0.15, 0.2) is 18.2 Å². The fraction of sp³-hybridized carbons (Fsp3) is 0.600. The third-order valence-corrected chi connectivity index (χ3v) is 4.48. The van der Waals surface area contributed by atoms with E-state index in [1.54, 1.807) is 11.1 Å². The molecule has 2 rings (SSSR count). The highest BCUT2D eigenvalue weighted by Gasteiger charge is 2.18. The zero-order valence-electron chi connectivity index (χ0n) is 11.0. The molecule has 0 spiro atoms. The van der Waals surface area contributed by atoms with Crippen LogP contribution < -0.4 is 5.32 Å². The Labute approximate surface area is 109 Å². The fourth-order valence-corrected chi connectivity index (χ4v) is 3.42. The molecule has 1 nitrogen and oxygen atoms in total. The second kappa shape index (κ2) is 6.46. The highest BCUT2D eigenvalue weighted by Crippen LogP contribution is 2.31. The Morgan fingerprint density at radius 2 is 2.24 bits per heavy atom. The van der Waals surface area contributed by atoms with E-state index in [1.807, 2.05) is 0 Å². The molecule has 0 aromatic heterocycles. The summed E-state index contributed by atoms with van der Waals surface area (Å²) in [6.45, 7) is 5.61. The summed E-state index contributed by atoms with van der Waals surface area (Å²) in [7, 11) is 0. The first-order chi connectivity index (χ1) is 8.35. The standard InChI is InChI=1S/C15H23NS/c1-3-8-16-15-7-9-17-11-13-6-5-12(4-2)10-14(13)15/h5-6,10,15-16H,3-4,7-9,11H2,1-2H3. The lowest BCUT2D eigenvalue weighted by atomic mass is 9.96. The van der Waals surface area contributed by atoms with Crippen molar-refractivity contribution in [2.45, 2.75) is 44.9 Å². The number of thioether (sulfide) groups is 1. The summed E-state index contributed by atoms with van der Waals surface area (Å²) >= 11 is 2.07. The molecule has 94 valence electrons. The van der Waals surface area contributed by atoms with E-state index in [-0.39, 0.29) is 0 Å². The third-order valence-electron chi connectivity index (χ3n) is 3.44. The van der Waals surface area contributed by atoms with Gasteiger partial charge in [0.05, 0.1) is 0 Å². The van der Waals surface area contributed by atoms with E-state index in [4.69, 9.17) is 0 Å². The minimum absolute atomic E-state index is 0.575. The van der Waals surface area contributed by atoms with E-state index in [0.29, 0.717) is 6.04 Å². The summed E-state index contributed by atoms with van der Waals surface area (Å²) in [5, 5.41) is 3.71. The number of hydrogen-bond donors (Lipinski definition) is 1. The molecule has 1 aliphatic rings. The van der Waals surface area contributed by atoms with Crippen LogP contribution in [0.5, 0.6) is 0 Å². The molecule has 1 atom stereocenters. The maximum atomic E-state index is 3.71. The van der Waals surface area contributed by atoms with Crippen molar-refractivity contribution in [2.24, 2.45) is 0 Å². The van der Waals surface area contributed by atoms with Crippen LogP contribution in [0.2, 0.25) is 0 Å². The van der Waals surface area contributed by atoms with Gasteiger partial charge in [-0.1, -0.05) is 32.0 Å². The van der Waals surface area contributed by atoms with Crippen molar-refractivity contribution in [1.29, 1.82) is 0 Å². The molecule has 1 aromatic carbocycles. The van der Waals surface area contributed by atoms with Gasteiger partial charge in [-0.2, -0.15) is 11.8 Å². The smallest absolute Gasteiger partial charge is 0.0331 e. The van der Waals surface area contributed by atoms with Crippen LogP contribution in [0.1, 0.15) is 49.4 Å². The number of fused-ring (bicyclic) bond motifs is 1. The van der Waals surface area contributed by atoms with Gasteiger partial charge in [-0.15, -0.1) is 0 Å². The second-order valence-corrected chi connectivity index (χ2v) is 5.84. The second-order valence-electron chi connectivity index (χ2n) is 4.73. The SMILES string of the molecule is CCCNC1CCSCc2ccc(CC)cc21. The van der Waals surface area contributed by atoms with Gasteiger partial charge in [0.25, 0.3) is 0 Å². The highest BCUT2D eigenvalue weighted by atomic mass is 32.2. The van der Waals surface area contributed by atoms with Gasteiger partial charge in [0.1, 0.15) is 0 Å². The quantitative estimate of drug-likeness (QED) is 0.868. The highest BCUT2D eigenvalue weighted by molar-refractivity contribution is 7.98. The number of aryl methyl sites for hydroxylation is 1. The average molecular weight is 249 g/mol. The molecule has 0 aliphatic carbocycles. The Morgan fingerprint density at radius 1 is 1.35 bits per heavy atom. The summed E-state index contributed by atoms with van der Waals surface area (Å²) in [6, 6.07) is 7.63. The van der Waals surface area contributed by atoms with Crippen molar-refractivity contribution in [3.63, 3.8) is 0 Å². The summed E-state index contributed by atoms with van der Waals surface area (Å²) < 4.78 is 0. The molecule has 2 heteroatoms. The maximum Gasteiger partial charge on any atom is 0.0331 e. The predicted molar refractivity (Wildman–Crippen MR) is 77.6 cm³/mol. The van der Waals surface area contributed by atoms with E-state index in [1.165, 1.54) is 29.9 Å². The number of hydrogen-bond acceptors (Lipinski definition) is 2. The number of benzene rings is 1. The number of rotatable bonds is 4. The van der Waals surface area contributed by atoms with Crippen molar-refractivity contribution >= 4 is 11.8 Å². The van der Waals surface area contributed by atoms with Crippen molar-refractivity contribution in [2.75, 3.05) is 12.3 Å². The van der Waals surface area contributed by atoms with Gasteiger partial charge < -0.3 is 5.32 Å². The summed E-state index contributed by atoms with van der Waals surface area (Å²) in [5.74, 6) is 2.46. The first-order valence-corrected chi connectivity index (χ1v) is 7.93. The third kappa shape index (κ3) is 3.26. The van der Waals surface area contributed by atoms with Crippen LogP contribution in [0.3, 0.4) is 0 Å². The summed E-state index contributed by atoms with van der Waals surface area (Å²) in [4.78, 5) is 0. The molecule has 1 aromatic rings. The van der Waals surface area contributed by atoms with Crippen LogP contribution in [-0.4, -0.2) is 12.3 Å². The Hall–Kier alpha value is -0.470. The van der Waals surface area contributed by atoms with Gasteiger partial charge in [-0.3, -0.25) is 0 Å². The van der Waals surface area contributed by atoms with Crippen LogP contribution >= 0.6 is 11.8 Å². The molecular weight excluding hydrogens is 226 g/mol. The topological polar surface area (TPSA) is 12.0 Å². The molecule has 0 saturated heterocycles. The van der Waals surface area contributed by atoms with Gasteiger partial charge >= 0.3 is 0 Å². The van der Waals surface area contributed by atoms with E-state index in [2.05, 4.69) is 49.1 Å². The largest absolute Gasteiger partial charge is 0.310 e. The molecule has 17 heavy (non-hydrogen) atoms. The Bertz CT molecular complexity index is 362. The summed E-state index contributed by atoms with van der Waals surface area (Å²) in [6.07, 6.45) is 3.62. The zero-order valence-corrected chi connectivity index (χ0v) is 11.8. The summed E-state index contributed by atoms with van der Waals surface area (Å²) in [5.41, 5.74) is 4.57. The normalized spacial score (nSPS) is 19.8. The Kier molecular flexibility index (Phi) is 4.93. The first kappa shape index (κ1) is 13.0. The lowest BCUT2D eigenvalue weighted by Gasteiger charge is -2.19. The Morgan fingerprint density at radius 3 is 3.00 bits per heavy atom. The van der Waals surface area contributed by atoms with Gasteiger partial charge in [-0.05, 0) is 48.3 Å². The van der Waals surface area contributed by atoms with Gasteiger partial charge in [0, 0.05) is 11.8 Å². The molecule has 1 aliphatic heterocycles. The zero-order chi connectivity index (χ0) is 12.1. The van der Waals surface area contributed by atoms with E-state index >= 15 is 0 Å². The molecular formula is C15H23NS. The van der Waals surface area contributed by atoms with E-state index in [0.717, 1.165) is 13.0 Å². The monoisotopic (exact) mass is 249 g/mol. The molecule has 0 saturated carbocycles. The Balaban J connectivity index is 2.25. The van der Waals surface area contributed by atoms with Crippen molar-refractivity contribution in [3.8, 4) is 0 Å². The first-order valence-electron chi connectivity index (χ1n) is 6.78. The molecule has 0 amide bonds. The van der Waals surface area contributed by atoms with E-state index < -0.39 is 0 Å². The van der Waals surface area contributed by atoms with Crippen molar-refractivity contribution in [1.82, 2.24) is 5.32 Å². The van der Waals surface area contributed by atoms with Gasteiger partial charge in [-0.25, -0.2) is 0 Å². The minimum atomic E-state index is 0.575. The van der Waals surface area contributed by atoms with Crippen molar-refractivity contribution in [3.05, 3.63) is 34.9 Å². The molecule has 1 heterocycles. The van der Waals surface area contributed by atoms with Crippen LogP contribution in [0, 0.1) is 0 Å². The fourth-order valence-electron chi connectivity index (χ4n) is 2.39. The van der Waals surface area contributed by atoms with Gasteiger partial charge in [0.2, 0.25) is 0 Å². The van der Waals surface area contributed by atoms with Crippen LogP contribution in [0.25, 0.3) is 0 Å². The molecule has 0 fully saturated rings. The molecule has 1 N–H and O–H groups in total. The van der Waals surface area contributed by atoms with Crippen LogP contribution in [-0.2, 0) is 12.2 Å². The predicted octanol–water partition coefficient (Wildman–Crippen LogP) is 3.93. The van der Waals surface area contributed by atoms with Crippen LogP contribution in [0.4, 0.5) is 0 Å². The molecule has 0 bridgehead atoms. The minimum Gasteiger partial charge on any atom is -0.310 e. The lowest BCUT2D eigenvalue weighted by Crippen LogP contribution is -2.23.